The topological polar surface area (TPSA) is 115 Å². The number of hydrogen-bond donors (Lipinski definition) is 2. The predicted octanol–water partition coefficient (Wildman–Crippen LogP) is 1.15. The largest absolute Gasteiger partial charge is 0.465 e. The van der Waals surface area contributed by atoms with E-state index in [0.29, 0.717) is 5.69 Å². The highest BCUT2D eigenvalue weighted by molar-refractivity contribution is 6.07. The molecule has 0 bridgehead atoms. The number of nitrogens with zero attached hydrogens (tertiary/aromatic N) is 4. The lowest BCUT2D eigenvalue weighted by molar-refractivity contribution is 0.0601. The van der Waals surface area contributed by atoms with Crippen LogP contribution in [-0.4, -0.2) is 44.2 Å². The number of carbonyl (C=O) groups excluding carboxylic acids is 2. The van der Waals surface area contributed by atoms with Crippen molar-refractivity contribution >= 4 is 17.6 Å². The van der Waals surface area contributed by atoms with E-state index in [9.17, 15) is 14.0 Å². The smallest absolute Gasteiger partial charge is 0.340 e. The van der Waals surface area contributed by atoms with Crippen molar-refractivity contribution in [3.63, 3.8) is 0 Å². The molecule has 1 aromatic carbocycles. The Morgan fingerprint density at radius 1 is 1.42 bits per heavy atom. The summed E-state index contributed by atoms with van der Waals surface area (Å²) >= 11 is 0. The fourth-order valence-electron chi connectivity index (χ4n) is 2.12. The molecule has 9 nitrogen and oxygen atoms in total. The molecule has 0 aliphatic carbocycles. The number of halogens is 1. The summed E-state index contributed by atoms with van der Waals surface area (Å²) in [4.78, 5) is 24.2. The number of terminal acetylenes is 1. The van der Waals surface area contributed by atoms with Crippen LogP contribution < -0.4 is 5.32 Å². The molecule has 0 saturated heterocycles. The van der Waals surface area contributed by atoms with Gasteiger partial charge in [0, 0.05) is 6.20 Å². The fraction of sp³-hybridized carbons (Fsp3) is 0.0625. The van der Waals surface area contributed by atoms with E-state index in [-0.39, 0.29) is 22.5 Å². The third-order valence-electron chi connectivity index (χ3n) is 3.39. The van der Waals surface area contributed by atoms with Gasteiger partial charge in [-0.25, -0.2) is 13.9 Å². The van der Waals surface area contributed by atoms with Gasteiger partial charge in [-0.2, -0.15) is 5.10 Å². The van der Waals surface area contributed by atoms with Gasteiger partial charge in [0.25, 0.3) is 5.91 Å². The second-order valence-corrected chi connectivity index (χ2v) is 4.97. The van der Waals surface area contributed by atoms with Crippen molar-refractivity contribution in [1.29, 1.82) is 0 Å². The Morgan fingerprint density at radius 3 is 2.88 bits per heavy atom. The molecule has 10 heteroatoms. The summed E-state index contributed by atoms with van der Waals surface area (Å²) in [6.07, 6.45) is 9.64. The van der Waals surface area contributed by atoms with Crippen LogP contribution in [0.1, 0.15) is 26.4 Å². The first kappa shape index (κ1) is 16.8. The van der Waals surface area contributed by atoms with E-state index in [0.717, 1.165) is 13.2 Å². The third-order valence-corrected chi connectivity index (χ3v) is 3.39. The second-order valence-electron chi connectivity index (χ2n) is 4.97. The maximum atomic E-state index is 13.9. The molecule has 2 aromatic heterocycles. The molecule has 0 atom stereocenters. The summed E-state index contributed by atoms with van der Waals surface area (Å²) in [5.41, 5.74) is 0.237. The number of aromatic nitrogens is 5. The van der Waals surface area contributed by atoms with E-state index in [4.69, 9.17) is 6.42 Å². The zero-order valence-corrected chi connectivity index (χ0v) is 13.4. The van der Waals surface area contributed by atoms with Crippen LogP contribution in [0.25, 0.3) is 5.69 Å². The predicted molar refractivity (Wildman–Crippen MR) is 87.1 cm³/mol. The van der Waals surface area contributed by atoms with Crippen molar-refractivity contribution in [3.8, 4) is 18.0 Å². The molecule has 0 aliphatic rings. The minimum Gasteiger partial charge on any atom is -0.465 e. The molecular weight excluding hydrogens is 343 g/mol. The highest BCUT2D eigenvalue weighted by Gasteiger charge is 2.20. The minimum absolute atomic E-state index is 0.00550. The van der Waals surface area contributed by atoms with Gasteiger partial charge in [0.1, 0.15) is 11.5 Å². The van der Waals surface area contributed by atoms with Crippen molar-refractivity contribution in [2.24, 2.45) is 0 Å². The Hall–Kier alpha value is -4.00. The number of rotatable bonds is 4. The van der Waals surface area contributed by atoms with Crippen molar-refractivity contribution in [2.75, 3.05) is 12.4 Å². The summed E-state index contributed by atoms with van der Waals surface area (Å²) in [6.45, 7) is 0. The van der Waals surface area contributed by atoms with Crippen molar-refractivity contribution in [3.05, 3.63) is 53.4 Å². The summed E-state index contributed by atoms with van der Waals surface area (Å²) in [7, 11) is 1.14. The minimum atomic E-state index is -0.829. The van der Waals surface area contributed by atoms with Crippen LogP contribution >= 0.6 is 0 Å². The number of benzene rings is 1. The zero-order valence-electron chi connectivity index (χ0n) is 13.4. The van der Waals surface area contributed by atoms with E-state index in [1.54, 1.807) is 6.20 Å². The van der Waals surface area contributed by atoms with Gasteiger partial charge in [-0.05, 0) is 12.1 Å². The number of hydrogen-bond acceptors (Lipinski definition) is 6. The van der Waals surface area contributed by atoms with E-state index in [2.05, 4.69) is 36.5 Å². The quantitative estimate of drug-likeness (QED) is 0.536. The molecule has 0 unspecified atom stereocenters. The number of H-pyrrole nitrogens is 1. The number of aromatic amines is 1. The van der Waals surface area contributed by atoms with Gasteiger partial charge in [-0.1, -0.05) is 11.1 Å². The van der Waals surface area contributed by atoms with Crippen molar-refractivity contribution < 1.29 is 18.7 Å². The van der Waals surface area contributed by atoms with Gasteiger partial charge in [0.05, 0.1) is 36.3 Å². The lowest BCUT2D eigenvalue weighted by atomic mass is 10.1. The van der Waals surface area contributed by atoms with Gasteiger partial charge in [0.15, 0.2) is 5.69 Å². The van der Waals surface area contributed by atoms with Crippen LogP contribution in [0.2, 0.25) is 0 Å². The number of methoxy groups -OCH3 is 1. The van der Waals surface area contributed by atoms with Crippen molar-refractivity contribution in [2.45, 2.75) is 0 Å². The first-order valence-corrected chi connectivity index (χ1v) is 7.14. The molecule has 1 amide bonds. The molecule has 3 rings (SSSR count). The molecule has 3 aromatic rings. The van der Waals surface area contributed by atoms with Crippen LogP contribution in [0.5, 0.6) is 0 Å². The third kappa shape index (κ3) is 3.13. The fourth-order valence-corrected chi connectivity index (χ4v) is 2.12. The SMILES string of the molecule is C#Cc1cc(NC(=O)c2cn(-c3cn[nH]c3)nn2)c(C(=O)OC)cc1F. The number of esters is 1. The Balaban J connectivity index is 1.91. The molecule has 26 heavy (non-hydrogen) atoms. The molecule has 2 N–H and O–H groups in total. The average molecular weight is 354 g/mol. The standard InChI is InChI=1S/C16H11FN6O3/c1-3-9-4-13(11(5-12(9)17)16(25)26-2)20-15(24)14-8-23(22-21-14)10-6-18-19-7-10/h1,4-8H,2H3,(H,18,19)(H,20,24). The van der Waals surface area contributed by atoms with Crippen molar-refractivity contribution in [1.82, 2.24) is 25.2 Å². The first-order valence-electron chi connectivity index (χ1n) is 7.14. The van der Waals surface area contributed by atoms with Gasteiger partial charge in [-0.15, -0.1) is 11.5 Å². The molecule has 2 heterocycles. The Bertz CT molecular complexity index is 1020. The number of anilines is 1. The summed E-state index contributed by atoms with van der Waals surface area (Å²) in [6, 6.07) is 2.07. The van der Waals surface area contributed by atoms with Crippen LogP contribution in [0.4, 0.5) is 10.1 Å². The Kier molecular flexibility index (Phi) is 4.44. The number of amides is 1. The van der Waals surface area contributed by atoms with E-state index < -0.39 is 17.7 Å². The molecule has 0 fully saturated rings. The Morgan fingerprint density at radius 2 is 2.23 bits per heavy atom. The maximum absolute atomic E-state index is 13.9. The van der Waals surface area contributed by atoms with E-state index in [1.807, 2.05) is 0 Å². The summed E-state index contributed by atoms with van der Waals surface area (Å²) < 4.78 is 19.8. The molecular formula is C16H11FN6O3. The highest BCUT2D eigenvalue weighted by atomic mass is 19.1. The second kappa shape index (κ2) is 6.86. The number of nitrogens with one attached hydrogen (secondary N) is 2. The summed E-state index contributed by atoms with van der Waals surface area (Å²) in [5.74, 6) is -0.142. The van der Waals surface area contributed by atoms with E-state index in [1.165, 1.54) is 23.1 Å². The van der Waals surface area contributed by atoms with Gasteiger partial charge >= 0.3 is 5.97 Å². The lowest BCUT2D eigenvalue weighted by Crippen LogP contribution is -2.16. The van der Waals surface area contributed by atoms with Crippen LogP contribution in [0.15, 0.2) is 30.7 Å². The zero-order chi connectivity index (χ0) is 18.7. The van der Waals surface area contributed by atoms with E-state index >= 15 is 0 Å². The maximum Gasteiger partial charge on any atom is 0.340 e. The van der Waals surface area contributed by atoms with Gasteiger partial charge in [-0.3, -0.25) is 9.89 Å². The van der Waals surface area contributed by atoms with Gasteiger partial charge in [0.2, 0.25) is 0 Å². The monoisotopic (exact) mass is 354 g/mol. The highest BCUT2D eigenvalue weighted by Crippen LogP contribution is 2.22. The molecule has 130 valence electrons. The summed E-state index contributed by atoms with van der Waals surface area (Å²) in [5, 5.41) is 16.4. The molecule has 0 saturated carbocycles. The number of carbonyl (C=O) groups is 2. The number of ether oxygens (including phenoxy) is 1. The normalized spacial score (nSPS) is 10.2. The molecule has 0 aliphatic heterocycles. The molecule has 0 radical (unpaired) electrons. The van der Waals surface area contributed by atoms with Crippen LogP contribution in [0.3, 0.4) is 0 Å². The van der Waals surface area contributed by atoms with Gasteiger partial charge < -0.3 is 10.1 Å². The lowest BCUT2D eigenvalue weighted by Gasteiger charge is -2.10. The average Bonchev–Trinajstić information content (AvgIpc) is 3.33. The van der Waals surface area contributed by atoms with Crippen LogP contribution in [-0.2, 0) is 4.74 Å². The first-order chi connectivity index (χ1) is 12.5. The molecule has 0 spiro atoms. The Labute approximate surface area is 146 Å². The van der Waals surface area contributed by atoms with Crippen LogP contribution in [0, 0.1) is 18.2 Å².